The van der Waals surface area contributed by atoms with Gasteiger partial charge in [0.05, 0.1) is 5.60 Å². The van der Waals surface area contributed by atoms with Crippen molar-refractivity contribution in [3.8, 4) is 0 Å². The lowest BCUT2D eigenvalue weighted by Crippen LogP contribution is -2.45. The van der Waals surface area contributed by atoms with E-state index in [0.29, 0.717) is 6.04 Å². The molecular weight excluding hydrogens is 240 g/mol. The van der Waals surface area contributed by atoms with Gasteiger partial charge in [-0.25, -0.2) is 0 Å². The maximum Gasteiger partial charge on any atom is 0.111 e. The zero-order chi connectivity index (χ0) is 7.19. The maximum absolute atomic E-state index is 5.69. The summed E-state index contributed by atoms with van der Waals surface area (Å²) in [6.07, 6.45) is 1.09. The molecule has 0 aliphatic carbocycles. The molecule has 10 heavy (non-hydrogen) atoms. The van der Waals surface area contributed by atoms with Crippen molar-refractivity contribution >= 4 is 30.4 Å². The number of hydrogen-bond donors (Lipinski definition) is 1. The summed E-state index contributed by atoms with van der Waals surface area (Å²) in [5, 5.41) is 3.34. The smallest absolute Gasteiger partial charge is 0.111 e. The fourth-order valence-electron chi connectivity index (χ4n) is 1.69. The summed E-state index contributed by atoms with van der Waals surface area (Å²) < 4.78 is 6.65. The molecule has 2 fully saturated rings. The predicted octanol–water partition coefficient (Wildman–Crippen LogP) is 0.0469. The van der Waals surface area contributed by atoms with Crippen molar-refractivity contribution in [3.63, 3.8) is 0 Å². The van der Waals surface area contributed by atoms with Crippen molar-refractivity contribution in [2.45, 2.75) is 24.1 Å². The third-order valence-electron chi connectivity index (χ3n) is 2.30. The summed E-state index contributed by atoms with van der Waals surface area (Å²) in [6.45, 7) is 0.980. The van der Waals surface area contributed by atoms with Crippen molar-refractivity contribution in [2.75, 3.05) is 11.0 Å². The first kappa shape index (κ1) is 7.37. The minimum Gasteiger partial charge on any atom is -0.378 e. The van der Waals surface area contributed by atoms with E-state index in [9.17, 15) is 0 Å². The van der Waals surface area contributed by atoms with Crippen molar-refractivity contribution < 1.29 is 4.74 Å². The number of rotatable bonds is 1. The second kappa shape index (κ2) is 2.35. The molecule has 0 amide bonds. The molecule has 2 saturated heterocycles. The van der Waals surface area contributed by atoms with Crippen LogP contribution in [0.15, 0.2) is 0 Å². The summed E-state index contributed by atoms with van der Waals surface area (Å²) >= 11 is 2.36. The Morgan fingerprint density at radius 1 is 1.80 bits per heavy atom. The highest BCUT2D eigenvalue weighted by molar-refractivity contribution is 14.1. The first-order valence-electron chi connectivity index (χ1n) is 3.48. The van der Waals surface area contributed by atoms with Crippen molar-refractivity contribution in [1.82, 2.24) is 5.32 Å². The van der Waals surface area contributed by atoms with E-state index in [-0.39, 0.29) is 11.6 Å². The van der Waals surface area contributed by atoms with Gasteiger partial charge >= 0.3 is 0 Å². The SMILES string of the molecule is [B][C@@H]1O[C@@]2(CI)CNC1C2. The average Bonchev–Trinajstić information content (AvgIpc) is 2.45. The summed E-state index contributed by atoms with van der Waals surface area (Å²) in [6, 6.07) is 0.346. The molecule has 0 aromatic carbocycles. The van der Waals surface area contributed by atoms with Crippen LogP contribution in [0.1, 0.15) is 6.42 Å². The molecule has 0 spiro atoms. The predicted molar refractivity (Wildman–Crippen MR) is 48.7 cm³/mol. The van der Waals surface area contributed by atoms with Crippen LogP contribution in [0.4, 0.5) is 0 Å². The normalized spacial score (nSPS) is 52.1. The molecule has 2 aliphatic heterocycles. The highest BCUT2D eigenvalue weighted by atomic mass is 127. The minimum absolute atomic E-state index is 0.0662. The molecule has 0 aromatic rings. The quantitative estimate of drug-likeness (QED) is 0.402. The molecule has 2 heterocycles. The lowest BCUT2D eigenvalue weighted by Gasteiger charge is -2.28. The van der Waals surface area contributed by atoms with Crippen LogP contribution in [0.5, 0.6) is 0 Å². The van der Waals surface area contributed by atoms with Gasteiger partial charge in [-0.15, -0.1) is 0 Å². The molecule has 54 valence electrons. The van der Waals surface area contributed by atoms with E-state index in [4.69, 9.17) is 12.6 Å². The third kappa shape index (κ3) is 0.922. The number of halogens is 1. The fourth-order valence-corrected chi connectivity index (χ4v) is 2.45. The van der Waals surface area contributed by atoms with Crippen LogP contribution in [0.3, 0.4) is 0 Å². The fraction of sp³-hybridized carbons (Fsp3) is 1.00. The van der Waals surface area contributed by atoms with Crippen LogP contribution in [-0.4, -0.2) is 36.5 Å². The van der Waals surface area contributed by atoms with Crippen LogP contribution in [0.2, 0.25) is 0 Å². The summed E-state index contributed by atoms with van der Waals surface area (Å²) in [5.74, 6) is 0. The number of fused-ring (bicyclic) bond motifs is 2. The lowest BCUT2D eigenvalue weighted by atomic mass is 9.93. The van der Waals surface area contributed by atoms with E-state index < -0.39 is 0 Å². The van der Waals surface area contributed by atoms with Crippen LogP contribution in [0, 0.1) is 0 Å². The lowest BCUT2D eigenvalue weighted by molar-refractivity contribution is -0.00563. The minimum atomic E-state index is -0.0662. The molecule has 2 nitrogen and oxygen atoms in total. The average molecular weight is 249 g/mol. The van der Waals surface area contributed by atoms with Gasteiger partial charge in [-0.05, 0) is 6.42 Å². The third-order valence-corrected chi connectivity index (χ3v) is 3.69. The van der Waals surface area contributed by atoms with Gasteiger partial charge in [-0.2, -0.15) is 0 Å². The maximum atomic E-state index is 5.69. The van der Waals surface area contributed by atoms with Gasteiger partial charge in [-0.1, -0.05) is 22.6 Å². The van der Waals surface area contributed by atoms with E-state index in [1.807, 2.05) is 0 Å². The molecule has 0 saturated carbocycles. The molecule has 0 aromatic heterocycles. The first-order valence-corrected chi connectivity index (χ1v) is 5.01. The monoisotopic (exact) mass is 249 g/mol. The van der Waals surface area contributed by atoms with Crippen LogP contribution >= 0.6 is 22.6 Å². The molecule has 2 rings (SSSR count). The molecule has 2 bridgehead atoms. The second-order valence-electron chi connectivity index (χ2n) is 3.09. The molecule has 1 unspecified atom stereocenters. The molecule has 1 N–H and O–H groups in total. The number of morpholine rings is 1. The summed E-state index contributed by atoms with van der Waals surface area (Å²) in [5.41, 5.74) is 0.0741. The highest BCUT2D eigenvalue weighted by Gasteiger charge is 2.48. The zero-order valence-corrected chi connectivity index (χ0v) is 7.80. The van der Waals surface area contributed by atoms with E-state index in [2.05, 4.69) is 27.9 Å². The molecular formula is C6H9BINO. The van der Waals surface area contributed by atoms with Gasteiger partial charge in [0.15, 0.2) is 0 Å². The summed E-state index contributed by atoms with van der Waals surface area (Å²) in [4.78, 5) is 0. The van der Waals surface area contributed by atoms with Crippen LogP contribution in [0.25, 0.3) is 0 Å². The van der Waals surface area contributed by atoms with Crippen molar-refractivity contribution in [3.05, 3.63) is 0 Å². The number of hydrogen-bond acceptors (Lipinski definition) is 2. The Balaban J connectivity index is 2.14. The van der Waals surface area contributed by atoms with Crippen molar-refractivity contribution in [1.29, 1.82) is 0 Å². The van der Waals surface area contributed by atoms with Gasteiger partial charge in [0.1, 0.15) is 7.85 Å². The largest absolute Gasteiger partial charge is 0.378 e. The molecule has 2 radical (unpaired) electrons. The van der Waals surface area contributed by atoms with Gasteiger partial charge in [0, 0.05) is 23.0 Å². The summed E-state index contributed by atoms with van der Waals surface area (Å²) in [7, 11) is 5.69. The first-order chi connectivity index (χ1) is 4.76. The van der Waals surface area contributed by atoms with Crippen LogP contribution in [-0.2, 0) is 4.74 Å². The van der Waals surface area contributed by atoms with E-state index >= 15 is 0 Å². The van der Waals surface area contributed by atoms with Gasteiger partial charge < -0.3 is 10.1 Å². The van der Waals surface area contributed by atoms with E-state index in [1.54, 1.807) is 0 Å². The second-order valence-corrected chi connectivity index (χ2v) is 3.85. The number of nitrogens with one attached hydrogen (secondary N) is 1. The number of alkyl halides is 1. The Hall–Kier alpha value is 0.715. The van der Waals surface area contributed by atoms with Gasteiger partial charge in [0.2, 0.25) is 0 Å². The Morgan fingerprint density at radius 3 is 2.90 bits per heavy atom. The number of ether oxygens (including phenoxy) is 1. The Kier molecular flexibility index (Phi) is 1.73. The Morgan fingerprint density at radius 2 is 2.60 bits per heavy atom. The Bertz CT molecular complexity index is 153. The Labute approximate surface area is 75.6 Å². The van der Waals surface area contributed by atoms with E-state index in [0.717, 1.165) is 17.4 Å². The van der Waals surface area contributed by atoms with Gasteiger partial charge in [-0.3, -0.25) is 0 Å². The topological polar surface area (TPSA) is 21.3 Å². The van der Waals surface area contributed by atoms with Gasteiger partial charge in [0.25, 0.3) is 0 Å². The molecule has 3 atom stereocenters. The molecule has 4 heteroatoms. The van der Waals surface area contributed by atoms with E-state index in [1.165, 1.54) is 0 Å². The zero-order valence-electron chi connectivity index (χ0n) is 5.64. The van der Waals surface area contributed by atoms with Crippen molar-refractivity contribution in [2.24, 2.45) is 0 Å². The highest BCUT2D eigenvalue weighted by Crippen LogP contribution is 2.35. The van der Waals surface area contributed by atoms with Crippen LogP contribution < -0.4 is 5.32 Å². The standard InChI is InChI=1S/C6H9BINO/c7-5-4-1-6(2-8,10-5)3-9-4/h4-5,9H,1-3H2/t4?,5-,6+/m1/s1. The molecule has 2 aliphatic rings.